The van der Waals surface area contributed by atoms with E-state index in [1.54, 1.807) is 12.1 Å². The lowest BCUT2D eigenvalue weighted by Crippen LogP contribution is -2.58. The van der Waals surface area contributed by atoms with Crippen molar-refractivity contribution in [2.75, 3.05) is 0 Å². The molecule has 1 N–H and O–H groups in total. The first-order valence-corrected chi connectivity index (χ1v) is 16.5. The van der Waals surface area contributed by atoms with Crippen molar-refractivity contribution in [1.29, 1.82) is 0 Å². The van der Waals surface area contributed by atoms with Gasteiger partial charge in [0.05, 0.1) is 29.7 Å². The number of imide groups is 1. The number of hydrogen-bond donors (Lipinski definition) is 1. The lowest BCUT2D eigenvalue weighted by Gasteiger charge is -2.54. The number of carbonyl (C=O) groups excluding carboxylic acids is 4. The minimum atomic E-state index is -1.35. The number of aliphatic hydroxyl groups is 1. The first kappa shape index (κ1) is 28.8. The van der Waals surface area contributed by atoms with Gasteiger partial charge in [-0.05, 0) is 59.5 Å². The number of benzene rings is 2. The predicted octanol–water partition coefficient (Wildman–Crippen LogP) is 5.86. The molecule has 230 valence electrons. The molecule has 46 heavy (non-hydrogen) atoms. The number of carbonyl (C=O) groups is 4. The molecule has 0 unspecified atom stereocenters. The number of aliphatic hydroxyl groups excluding tert-OH is 1. The number of Topliss-reactive ketones (excluding diaryl/α,β-unsaturated/α-hetero) is 1. The summed E-state index contributed by atoms with van der Waals surface area (Å²) in [6.45, 7) is -0.0984. The average Bonchev–Trinajstić information content (AvgIpc) is 3.84. The van der Waals surface area contributed by atoms with Gasteiger partial charge in [0.1, 0.15) is 18.1 Å². The van der Waals surface area contributed by atoms with E-state index in [2.05, 4.69) is 0 Å². The van der Waals surface area contributed by atoms with Crippen LogP contribution < -0.4 is 0 Å². The van der Waals surface area contributed by atoms with Gasteiger partial charge in [0.15, 0.2) is 11.6 Å². The summed E-state index contributed by atoms with van der Waals surface area (Å²) in [5, 5.41) is 11.9. The van der Waals surface area contributed by atoms with Gasteiger partial charge in [0, 0.05) is 16.4 Å². The van der Waals surface area contributed by atoms with Gasteiger partial charge in [-0.1, -0.05) is 78.4 Å². The Morgan fingerprint density at radius 2 is 1.63 bits per heavy atom. The molecule has 4 aliphatic rings. The first-order chi connectivity index (χ1) is 22.4. The van der Waals surface area contributed by atoms with Crippen molar-refractivity contribution in [3.8, 4) is 0 Å². The van der Waals surface area contributed by atoms with Crippen LogP contribution in [0.4, 0.5) is 0 Å². The van der Waals surface area contributed by atoms with Crippen molar-refractivity contribution in [1.82, 2.24) is 4.90 Å². The van der Waals surface area contributed by atoms with Crippen molar-refractivity contribution < 1.29 is 28.7 Å². The Kier molecular flexibility index (Phi) is 6.88. The molecule has 2 aromatic heterocycles. The summed E-state index contributed by atoms with van der Waals surface area (Å²) in [5.41, 5.74) is 1.21. The monoisotopic (exact) mass is 629 g/mol. The summed E-state index contributed by atoms with van der Waals surface area (Å²) >= 11 is 1.50. The minimum Gasteiger partial charge on any atom is -0.463 e. The molecule has 1 saturated heterocycles. The Morgan fingerprint density at radius 3 is 2.33 bits per heavy atom. The van der Waals surface area contributed by atoms with Crippen molar-refractivity contribution in [2.45, 2.75) is 37.3 Å². The number of furan rings is 1. The highest BCUT2D eigenvalue weighted by molar-refractivity contribution is 7.09. The number of hydrogen-bond acceptors (Lipinski definition) is 7. The molecule has 0 spiro atoms. The highest BCUT2D eigenvalue weighted by Gasteiger charge is 2.66. The minimum absolute atomic E-state index is 0.165. The summed E-state index contributed by atoms with van der Waals surface area (Å²) in [6, 6.07) is 25.9. The highest BCUT2D eigenvalue weighted by Crippen LogP contribution is 2.63. The van der Waals surface area contributed by atoms with E-state index in [1.165, 1.54) is 22.3 Å². The molecule has 6 atom stereocenters. The van der Waals surface area contributed by atoms with E-state index in [-0.39, 0.29) is 43.0 Å². The maximum atomic E-state index is 14.9. The number of thiophene rings is 1. The van der Waals surface area contributed by atoms with Gasteiger partial charge in [0.25, 0.3) is 0 Å². The molecule has 2 fully saturated rings. The molecule has 8 rings (SSSR count). The summed E-state index contributed by atoms with van der Waals surface area (Å²) < 4.78 is 6.23. The SMILES string of the molecule is O=C1C(c2ccccc2)=CC(=O)[C@@]2(c3ccccc3)[C@@H](c3ccc(CO)o3)C3=CC[C@@H]4C(=O)N(Cc5cccs5)C(=O)[C@@H]4[C@@H]3C[C@@H]12. The topological polar surface area (TPSA) is 105 Å². The molecule has 0 radical (unpaired) electrons. The Bertz CT molecular complexity index is 1920. The van der Waals surface area contributed by atoms with Gasteiger partial charge in [-0.15, -0.1) is 11.3 Å². The number of likely N-dealkylation sites (tertiary alicyclic amines) is 1. The van der Waals surface area contributed by atoms with Crippen LogP contribution >= 0.6 is 11.3 Å². The second kappa shape index (κ2) is 11.0. The van der Waals surface area contributed by atoms with E-state index in [0.717, 1.165) is 10.5 Å². The van der Waals surface area contributed by atoms with Crippen molar-refractivity contribution in [2.24, 2.45) is 23.7 Å². The fourth-order valence-corrected chi connectivity index (χ4v) is 9.29. The molecule has 0 bridgehead atoms. The summed E-state index contributed by atoms with van der Waals surface area (Å²) in [7, 11) is 0. The molecule has 4 aromatic rings. The lowest BCUT2D eigenvalue weighted by molar-refractivity contribution is -0.141. The van der Waals surface area contributed by atoms with E-state index >= 15 is 0 Å². The molecular weight excluding hydrogens is 598 g/mol. The van der Waals surface area contributed by atoms with Crippen LogP contribution in [0.5, 0.6) is 0 Å². The first-order valence-electron chi connectivity index (χ1n) is 15.6. The molecule has 7 nitrogen and oxygen atoms in total. The van der Waals surface area contributed by atoms with Gasteiger partial charge >= 0.3 is 0 Å². The van der Waals surface area contributed by atoms with Gasteiger partial charge < -0.3 is 9.52 Å². The van der Waals surface area contributed by atoms with E-state index in [9.17, 15) is 24.3 Å². The van der Waals surface area contributed by atoms with Crippen LogP contribution in [-0.4, -0.2) is 33.4 Å². The molecule has 3 aliphatic carbocycles. The zero-order chi connectivity index (χ0) is 31.6. The molecule has 8 heteroatoms. The van der Waals surface area contributed by atoms with E-state index in [0.29, 0.717) is 34.6 Å². The van der Waals surface area contributed by atoms with Crippen molar-refractivity contribution in [3.63, 3.8) is 0 Å². The van der Waals surface area contributed by atoms with E-state index < -0.39 is 35.0 Å². The van der Waals surface area contributed by atoms with Crippen LogP contribution in [0.3, 0.4) is 0 Å². The number of nitrogens with zero attached hydrogens (tertiary/aromatic N) is 1. The molecular formula is C38H31NO6S. The zero-order valence-corrected chi connectivity index (χ0v) is 25.7. The van der Waals surface area contributed by atoms with E-state index in [4.69, 9.17) is 4.42 Å². The largest absolute Gasteiger partial charge is 0.463 e. The summed E-state index contributed by atoms with van der Waals surface area (Å²) in [6.07, 6.45) is 4.11. The molecule has 1 aliphatic heterocycles. The second-order valence-electron chi connectivity index (χ2n) is 12.6. The van der Waals surface area contributed by atoms with Crippen LogP contribution in [0.2, 0.25) is 0 Å². The Hall–Kier alpha value is -4.66. The van der Waals surface area contributed by atoms with Gasteiger partial charge in [-0.3, -0.25) is 24.1 Å². The standard InChI is InChI=1S/C38H31NO6S/c40-21-24-13-16-31(45-24)34-26-14-15-27-33(37(44)39(36(27)43)20-25-12-7-17-46-25)29(26)18-30-35(42)28(22-8-3-1-4-9-22)19-32(41)38(30,34)23-10-5-2-6-11-23/h1-14,16-17,19,27,29-30,33-34,40H,15,18,20-21H2/t27-,29+,30-,33-,34+,38-/m0/s1. The number of fused-ring (bicyclic) bond motifs is 4. The maximum Gasteiger partial charge on any atom is 0.234 e. The second-order valence-corrected chi connectivity index (χ2v) is 13.6. The smallest absolute Gasteiger partial charge is 0.234 e. The fraction of sp³-hybridized carbons (Fsp3) is 0.263. The third kappa shape index (κ3) is 4.13. The summed E-state index contributed by atoms with van der Waals surface area (Å²) in [5.74, 6) is -3.17. The van der Waals surface area contributed by atoms with Crippen molar-refractivity contribution in [3.05, 3.63) is 136 Å². The number of ketones is 2. The van der Waals surface area contributed by atoms with Gasteiger partial charge in [-0.2, -0.15) is 0 Å². The normalized spacial score (nSPS) is 28.8. The zero-order valence-electron chi connectivity index (χ0n) is 24.9. The van der Waals surface area contributed by atoms with Crippen LogP contribution in [0.1, 0.15) is 46.3 Å². The number of allylic oxidation sites excluding steroid dienone is 4. The predicted molar refractivity (Wildman–Crippen MR) is 171 cm³/mol. The summed E-state index contributed by atoms with van der Waals surface area (Å²) in [4.78, 5) is 60.1. The molecule has 2 amide bonds. The van der Waals surface area contributed by atoms with E-state index in [1.807, 2.05) is 84.3 Å². The molecule has 2 aromatic carbocycles. The third-order valence-corrected chi connectivity index (χ3v) is 11.3. The van der Waals surface area contributed by atoms with Crippen LogP contribution in [0.25, 0.3) is 5.57 Å². The van der Waals surface area contributed by atoms with Crippen LogP contribution in [-0.2, 0) is 37.7 Å². The van der Waals surface area contributed by atoms with Gasteiger partial charge in [-0.25, -0.2) is 0 Å². The number of rotatable bonds is 6. The lowest BCUT2D eigenvalue weighted by atomic mass is 9.45. The highest BCUT2D eigenvalue weighted by atomic mass is 32.1. The Labute approximate surface area is 269 Å². The van der Waals surface area contributed by atoms with Gasteiger partial charge in [0.2, 0.25) is 11.8 Å². The third-order valence-electron chi connectivity index (χ3n) is 10.5. The van der Waals surface area contributed by atoms with Crippen molar-refractivity contribution >= 4 is 40.3 Å². The Morgan fingerprint density at radius 1 is 0.870 bits per heavy atom. The quantitative estimate of drug-likeness (QED) is 0.212. The fourth-order valence-electron chi connectivity index (χ4n) is 8.60. The number of amides is 2. The molecule has 3 heterocycles. The Balaban J connectivity index is 1.33. The molecule has 1 saturated carbocycles. The van der Waals surface area contributed by atoms with Crippen LogP contribution in [0, 0.1) is 23.7 Å². The van der Waals surface area contributed by atoms with Crippen LogP contribution in [0.15, 0.2) is 112 Å². The average molecular weight is 630 g/mol. The maximum absolute atomic E-state index is 14.9.